The first kappa shape index (κ1) is 12.4. The van der Waals surface area contributed by atoms with Crippen molar-refractivity contribution in [3.05, 3.63) is 23.3 Å². The van der Waals surface area contributed by atoms with E-state index in [0.29, 0.717) is 11.7 Å². The lowest BCUT2D eigenvalue weighted by Gasteiger charge is -2.13. The monoisotopic (exact) mass is 241 g/mol. The zero-order valence-electron chi connectivity index (χ0n) is 10.3. The second-order valence-electron chi connectivity index (χ2n) is 4.92. The lowest BCUT2D eigenvalue weighted by molar-refractivity contribution is 0.0207. The van der Waals surface area contributed by atoms with Crippen LogP contribution in [0.25, 0.3) is 0 Å². The lowest BCUT2D eigenvalue weighted by Crippen LogP contribution is -2.20. The lowest BCUT2D eigenvalue weighted by atomic mass is 10.0. The fourth-order valence-electron chi connectivity index (χ4n) is 2.13. The van der Waals surface area contributed by atoms with Crippen molar-refractivity contribution in [2.75, 3.05) is 6.54 Å². The Morgan fingerprint density at radius 1 is 1.47 bits per heavy atom. The molecule has 0 saturated carbocycles. The Labute approximate surface area is 99.7 Å². The number of hydrogen-bond acceptors (Lipinski definition) is 3. The predicted molar refractivity (Wildman–Crippen MR) is 61.2 cm³/mol. The molecule has 1 aromatic heterocycles. The summed E-state index contributed by atoms with van der Waals surface area (Å²) < 4.78 is 26.1. The van der Waals surface area contributed by atoms with Crippen molar-refractivity contribution < 1.29 is 8.78 Å². The van der Waals surface area contributed by atoms with Gasteiger partial charge in [-0.2, -0.15) is 0 Å². The molecule has 1 fully saturated rings. The van der Waals surface area contributed by atoms with Gasteiger partial charge in [0.25, 0.3) is 5.92 Å². The number of rotatable bonds is 2. The van der Waals surface area contributed by atoms with E-state index >= 15 is 0 Å². The molecular weight excluding hydrogens is 224 g/mol. The van der Waals surface area contributed by atoms with E-state index < -0.39 is 12.0 Å². The van der Waals surface area contributed by atoms with Gasteiger partial charge >= 0.3 is 0 Å². The molecule has 1 atom stereocenters. The molecule has 1 N–H and O–H groups in total. The number of halogens is 2. The van der Waals surface area contributed by atoms with Crippen molar-refractivity contribution in [3.8, 4) is 0 Å². The highest BCUT2D eigenvalue weighted by molar-refractivity contribution is 5.21. The summed E-state index contributed by atoms with van der Waals surface area (Å²) in [5.74, 6) is -1.82. The largest absolute Gasteiger partial charge is 0.301 e. The van der Waals surface area contributed by atoms with Crippen molar-refractivity contribution in [2.45, 2.75) is 45.1 Å². The fraction of sp³-hybridized carbons (Fsp3) is 0.667. The van der Waals surface area contributed by atoms with Crippen LogP contribution in [-0.2, 0) is 0 Å². The first-order valence-corrected chi connectivity index (χ1v) is 5.84. The molecule has 17 heavy (non-hydrogen) atoms. The van der Waals surface area contributed by atoms with E-state index in [1.165, 1.54) is 0 Å². The second kappa shape index (κ2) is 4.29. The maximum atomic E-state index is 13.1. The van der Waals surface area contributed by atoms with Gasteiger partial charge in [0.2, 0.25) is 0 Å². The van der Waals surface area contributed by atoms with Gasteiger partial charge in [0.05, 0.1) is 12.6 Å². The van der Waals surface area contributed by atoms with Crippen molar-refractivity contribution in [1.82, 2.24) is 15.3 Å². The summed E-state index contributed by atoms with van der Waals surface area (Å²) in [5, 5.41) is 2.76. The van der Waals surface area contributed by atoms with Crippen molar-refractivity contribution in [2.24, 2.45) is 0 Å². The van der Waals surface area contributed by atoms with E-state index in [1.807, 2.05) is 6.92 Å². The maximum Gasteiger partial charge on any atom is 0.262 e. The third-order valence-electron chi connectivity index (χ3n) is 3.08. The highest BCUT2D eigenvalue weighted by Gasteiger charge is 2.41. The predicted octanol–water partition coefficient (Wildman–Crippen LogP) is 2.58. The first-order chi connectivity index (χ1) is 7.89. The fourth-order valence-corrected chi connectivity index (χ4v) is 2.13. The molecule has 0 bridgehead atoms. The van der Waals surface area contributed by atoms with Gasteiger partial charge in [-0.05, 0) is 18.4 Å². The second-order valence-corrected chi connectivity index (χ2v) is 4.92. The maximum absolute atomic E-state index is 13.1. The minimum absolute atomic E-state index is 0.215. The van der Waals surface area contributed by atoms with Crippen LogP contribution >= 0.6 is 0 Å². The van der Waals surface area contributed by atoms with Gasteiger partial charge in [0.1, 0.15) is 5.82 Å². The van der Waals surface area contributed by atoms with Crippen LogP contribution in [-0.4, -0.2) is 22.4 Å². The van der Waals surface area contributed by atoms with E-state index in [-0.39, 0.29) is 13.0 Å². The van der Waals surface area contributed by atoms with Crippen LogP contribution in [0, 0.1) is 6.92 Å². The van der Waals surface area contributed by atoms with Crippen molar-refractivity contribution in [1.29, 1.82) is 0 Å². The summed E-state index contributed by atoms with van der Waals surface area (Å²) in [6, 6.07) is -0.426. The molecule has 1 saturated heterocycles. The van der Waals surface area contributed by atoms with Gasteiger partial charge < -0.3 is 5.32 Å². The third kappa shape index (κ3) is 2.60. The molecule has 1 aliphatic heterocycles. The van der Waals surface area contributed by atoms with Gasteiger partial charge in [0, 0.05) is 18.3 Å². The Morgan fingerprint density at radius 2 is 2.18 bits per heavy atom. The Balaban J connectivity index is 2.21. The van der Waals surface area contributed by atoms with Gasteiger partial charge in [-0.15, -0.1) is 0 Å². The molecule has 1 aliphatic rings. The normalized spacial score (nSPS) is 23.3. The molecule has 94 valence electrons. The van der Waals surface area contributed by atoms with Crippen molar-refractivity contribution >= 4 is 0 Å². The summed E-state index contributed by atoms with van der Waals surface area (Å²) in [5.41, 5.74) is 1.94. The minimum atomic E-state index is -2.64. The molecule has 1 aromatic rings. The van der Waals surface area contributed by atoms with Gasteiger partial charge in [-0.25, -0.2) is 18.7 Å². The Kier molecular flexibility index (Phi) is 3.12. The number of aryl methyl sites for hydroxylation is 1. The summed E-state index contributed by atoms with van der Waals surface area (Å²) >= 11 is 0. The van der Waals surface area contributed by atoms with E-state index in [2.05, 4.69) is 29.1 Å². The molecule has 0 aliphatic carbocycles. The van der Waals surface area contributed by atoms with Crippen molar-refractivity contribution in [3.63, 3.8) is 0 Å². The van der Waals surface area contributed by atoms with E-state index in [1.54, 1.807) is 6.20 Å². The summed E-state index contributed by atoms with van der Waals surface area (Å²) in [7, 11) is 0. The standard InChI is InChI=1S/C12H17F2N3/c1-7(2)9-5-15-11(17-8(9)3)10-4-12(13,14)6-16-10/h5,7,10,16H,4,6H2,1-3H3/t10-/m0/s1. The molecule has 3 nitrogen and oxygen atoms in total. The molecule has 0 spiro atoms. The Morgan fingerprint density at radius 3 is 2.65 bits per heavy atom. The third-order valence-corrected chi connectivity index (χ3v) is 3.08. The SMILES string of the molecule is Cc1nc([C@@H]2CC(F)(F)CN2)ncc1C(C)C. The number of nitrogens with one attached hydrogen (secondary N) is 1. The average Bonchev–Trinajstić information content (AvgIpc) is 2.58. The summed E-state index contributed by atoms with van der Waals surface area (Å²) in [4.78, 5) is 8.54. The van der Waals surface area contributed by atoms with Gasteiger partial charge in [-0.3, -0.25) is 0 Å². The summed E-state index contributed by atoms with van der Waals surface area (Å²) in [6.45, 7) is 5.74. The van der Waals surface area contributed by atoms with Crippen LogP contribution < -0.4 is 5.32 Å². The molecule has 0 amide bonds. The average molecular weight is 241 g/mol. The van der Waals surface area contributed by atoms with Crippen LogP contribution in [0.1, 0.15) is 49.3 Å². The Bertz CT molecular complexity index is 418. The van der Waals surface area contributed by atoms with E-state index in [0.717, 1.165) is 11.3 Å². The molecule has 2 heterocycles. The number of alkyl halides is 2. The highest BCUT2D eigenvalue weighted by Crippen LogP contribution is 2.32. The van der Waals surface area contributed by atoms with Crippen LogP contribution in [0.5, 0.6) is 0 Å². The van der Waals surface area contributed by atoms with E-state index in [4.69, 9.17) is 0 Å². The molecule has 0 unspecified atom stereocenters. The minimum Gasteiger partial charge on any atom is -0.301 e. The quantitative estimate of drug-likeness (QED) is 0.864. The van der Waals surface area contributed by atoms with Crippen LogP contribution in [0.2, 0.25) is 0 Å². The summed E-state index contributed by atoms with van der Waals surface area (Å²) in [6.07, 6.45) is 1.54. The first-order valence-electron chi connectivity index (χ1n) is 5.84. The molecule has 2 rings (SSSR count). The van der Waals surface area contributed by atoms with Crippen LogP contribution in [0.15, 0.2) is 6.20 Å². The molecule has 0 aromatic carbocycles. The van der Waals surface area contributed by atoms with Gasteiger partial charge in [-0.1, -0.05) is 13.8 Å². The smallest absolute Gasteiger partial charge is 0.262 e. The number of nitrogens with zero attached hydrogens (tertiary/aromatic N) is 2. The van der Waals surface area contributed by atoms with E-state index in [9.17, 15) is 8.78 Å². The zero-order chi connectivity index (χ0) is 12.6. The van der Waals surface area contributed by atoms with Gasteiger partial charge in [0.15, 0.2) is 0 Å². The Hall–Kier alpha value is -1.10. The number of aromatic nitrogens is 2. The zero-order valence-corrected chi connectivity index (χ0v) is 10.3. The molecule has 0 radical (unpaired) electrons. The topological polar surface area (TPSA) is 37.8 Å². The van der Waals surface area contributed by atoms with Crippen LogP contribution in [0.3, 0.4) is 0 Å². The molecule has 5 heteroatoms. The number of hydrogen-bond donors (Lipinski definition) is 1. The molecular formula is C12H17F2N3. The highest BCUT2D eigenvalue weighted by atomic mass is 19.3. The van der Waals surface area contributed by atoms with Crippen LogP contribution in [0.4, 0.5) is 8.78 Å².